The van der Waals surface area contributed by atoms with E-state index in [1.54, 1.807) is 11.0 Å². The predicted molar refractivity (Wildman–Crippen MR) is 111 cm³/mol. The van der Waals surface area contributed by atoms with E-state index >= 15 is 0 Å². The lowest BCUT2D eigenvalue weighted by atomic mass is 9.87. The number of aryl methyl sites for hydroxylation is 1. The van der Waals surface area contributed by atoms with Gasteiger partial charge in [-0.15, -0.1) is 24.0 Å². The van der Waals surface area contributed by atoms with E-state index in [1.807, 2.05) is 7.05 Å². The van der Waals surface area contributed by atoms with Gasteiger partial charge in [0.1, 0.15) is 18.7 Å². The minimum atomic E-state index is 0. The van der Waals surface area contributed by atoms with Crippen LogP contribution in [-0.2, 0) is 13.6 Å². The fourth-order valence-electron chi connectivity index (χ4n) is 3.56. The maximum Gasteiger partial charge on any atom is 0.194 e. The Morgan fingerprint density at radius 1 is 1.38 bits per heavy atom. The Bertz CT molecular complexity index is 535. The van der Waals surface area contributed by atoms with Gasteiger partial charge in [-0.1, -0.05) is 19.3 Å². The third-order valence-corrected chi connectivity index (χ3v) is 6.36. The molecule has 6 nitrogen and oxygen atoms in total. The van der Waals surface area contributed by atoms with Crippen LogP contribution in [0.5, 0.6) is 0 Å². The maximum absolute atomic E-state index is 4.82. The molecule has 0 aromatic carbocycles. The van der Waals surface area contributed by atoms with Gasteiger partial charge in [0.15, 0.2) is 5.96 Å². The average Bonchev–Trinajstić information content (AvgIpc) is 2.97. The van der Waals surface area contributed by atoms with Crippen molar-refractivity contribution in [3.05, 3.63) is 12.2 Å². The number of nitrogens with one attached hydrogen (secondary N) is 1. The van der Waals surface area contributed by atoms with Crippen LogP contribution in [0, 0.1) is 0 Å². The first-order valence-electron chi connectivity index (χ1n) is 8.72. The molecule has 1 spiro atoms. The summed E-state index contributed by atoms with van der Waals surface area (Å²) >= 11 is 2.19. The lowest BCUT2D eigenvalue weighted by Crippen LogP contribution is -2.53. The van der Waals surface area contributed by atoms with Gasteiger partial charge in [0.2, 0.25) is 0 Å². The normalized spacial score (nSPS) is 20.8. The van der Waals surface area contributed by atoms with E-state index in [4.69, 9.17) is 4.99 Å². The molecule has 0 amide bonds. The molecule has 8 heteroatoms. The van der Waals surface area contributed by atoms with Crippen molar-refractivity contribution in [1.29, 1.82) is 0 Å². The summed E-state index contributed by atoms with van der Waals surface area (Å²) in [5, 5.41) is 7.59. The van der Waals surface area contributed by atoms with Gasteiger partial charge in [0.25, 0.3) is 0 Å². The number of nitrogens with zero attached hydrogens (tertiary/aromatic N) is 5. The van der Waals surface area contributed by atoms with Crippen LogP contribution < -0.4 is 5.32 Å². The van der Waals surface area contributed by atoms with E-state index in [9.17, 15) is 0 Å². The Morgan fingerprint density at radius 3 is 2.83 bits per heavy atom. The molecule has 2 aliphatic rings. The summed E-state index contributed by atoms with van der Waals surface area (Å²) in [6, 6.07) is 0. The first kappa shape index (κ1) is 19.8. The molecule has 0 atom stereocenters. The number of halogens is 1. The molecule has 1 aliphatic carbocycles. The predicted octanol–water partition coefficient (Wildman–Crippen LogP) is 2.65. The monoisotopic (exact) mass is 464 g/mol. The first-order valence-corrected chi connectivity index (χ1v) is 9.71. The molecule has 1 saturated heterocycles. The molecule has 1 aromatic rings. The number of rotatable bonds is 3. The van der Waals surface area contributed by atoms with Gasteiger partial charge in [0.05, 0.1) is 0 Å². The highest BCUT2D eigenvalue weighted by molar-refractivity contribution is 14.0. The number of thioether (sulfide) groups is 1. The highest BCUT2D eigenvalue weighted by Crippen LogP contribution is 2.42. The Hall–Kier alpha value is -0.510. The minimum Gasteiger partial charge on any atom is -0.357 e. The minimum absolute atomic E-state index is 0. The first-order chi connectivity index (χ1) is 11.2. The van der Waals surface area contributed by atoms with E-state index in [-0.39, 0.29) is 24.0 Å². The molecule has 1 N–H and O–H groups in total. The third-order valence-electron chi connectivity index (χ3n) is 4.82. The van der Waals surface area contributed by atoms with Gasteiger partial charge >= 0.3 is 0 Å². The molecule has 136 valence electrons. The van der Waals surface area contributed by atoms with Crippen molar-refractivity contribution in [2.24, 2.45) is 12.0 Å². The Balaban J connectivity index is 0.00000208. The number of hydrogen-bond donors (Lipinski definition) is 1. The van der Waals surface area contributed by atoms with Crippen LogP contribution in [0.2, 0.25) is 0 Å². The maximum atomic E-state index is 4.82. The van der Waals surface area contributed by atoms with Crippen LogP contribution in [0.25, 0.3) is 0 Å². The fraction of sp³-hybridized carbons (Fsp3) is 0.812. The van der Waals surface area contributed by atoms with Gasteiger partial charge < -0.3 is 10.2 Å². The SMILES string of the molecule is CCNC(=NCc1ncnn1C)N1CCSC2(CCCCC2)C1.I. The Labute approximate surface area is 166 Å². The Kier molecular flexibility index (Phi) is 7.64. The van der Waals surface area contributed by atoms with Gasteiger partial charge in [0, 0.05) is 37.2 Å². The standard InChI is InChI=1S/C16H28N6S.HI/c1-3-17-15(18-11-14-19-13-20-21(14)2)22-9-10-23-16(12-22)7-5-4-6-8-16;/h13H,3-12H2,1-2H3,(H,17,18);1H. The average molecular weight is 464 g/mol. The molecule has 3 rings (SSSR count). The fourth-order valence-corrected chi connectivity index (χ4v) is 5.13. The van der Waals surface area contributed by atoms with Crippen molar-refractivity contribution in [3.63, 3.8) is 0 Å². The van der Waals surface area contributed by atoms with E-state index < -0.39 is 0 Å². The summed E-state index contributed by atoms with van der Waals surface area (Å²) in [4.78, 5) is 11.5. The van der Waals surface area contributed by atoms with Gasteiger partial charge in [-0.2, -0.15) is 16.9 Å². The van der Waals surface area contributed by atoms with Crippen molar-refractivity contribution in [1.82, 2.24) is 25.0 Å². The topological polar surface area (TPSA) is 58.3 Å². The largest absolute Gasteiger partial charge is 0.357 e. The van der Waals surface area contributed by atoms with Crippen LogP contribution in [0.1, 0.15) is 44.9 Å². The molecule has 24 heavy (non-hydrogen) atoms. The lowest BCUT2D eigenvalue weighted by Gasteiger charge is -2.45. The smallest absolute Gasteiger partial charge is 0.194 e. The van der Waals surface area contributed by atoms with Gasteiger partial charge in [-0.05, 0) is 19.8 Å². The van der Waals surface area contributed by atoms with Gasteiger partial charge in [-0.3, -0.25) is 4.68 Å². The van der Waals surface area contributed by atoms with E-state index in [0.29, 0.717) is 11.3 Å². The highest BCUT2D eigenvalue weighted by Gasteiger charge is 2.38. The zero-order valence-corrected chi connectivity index (χ0v) is 17.8. The zero-order chi connectivity index (χ0) is 16.1. The second-order valence-electron chi connectivity index (χ2n) is 6.48. The summed E-state index contributed by atoms with van der Waals surface area (Å²) < 4.78 is 2.25. The molecule has 1 saturated carbocycles. The van der Waals surface area contributed by atoms with E-state index in [2.05, 4.69) is 39.0 Å². The van der Waals surface area contributed by atoms with Crippen molar-refractivity contribution < 1.29 is 0 Å². The van der Waals surface area contributed by atoms with Crippen molar-refractivity contribution in [2.75, 3.05) is 25.4 Å². The summed E-state index contributed by atoms with van der Waals surface area (Å²) in [5.74, 6) is 3.13. The summed E-state index contributed by atoms with van der Waals surface area (Å²) in [6.45, 7) is 5.82. The summed E-state index contributed by atoms with van der Waals surface area (Å²) in [7, 11) is 1.92. The van der Waals surface area contributed by atoms with Crippen LogP contribution >= 0.6 is 35.7 Å². The number of aliphatic imine (C=N–C) groups is 1. The summed E-state index contributed by atoms with van der Waals surface area (Å²) in [5.41, 5.74) is 0. The molecular formula is C16H29IN6S. The molecule has 0 unspecified atom stereocenters. The quantitative estimate of drug-likeness (QED) is 0.424. The van der Waals surface area contributed by atoms with Gasteiger partial charge in [-0.25, -0.2) is 9.98 Å². The summed E-state index contributed by atoms with van der Waals surface area (Å²) in [6.07, 6.45) is 8.48. The van der Waals surface area contributed by atoms with Crippen LogP contribution in [-0.4, -0.2) is 55.8 Å². The molecule has 2 heterocycles. The molecule has 0 bridgehead atoms. The van der Waals surface area contributed by atoms with E-state index in [1.165, 1.54) is 37.9 Å². The molecule has 1 aromatic heterocycles. The second kappa shape index (κ2) is 9.26. The third kappa shape index (κ3) is 4.77. The van der Waals surface area contributed by atoms with Crippen LogP contribution in [0.15, 0.2) is 11.3 Å². The number of guanidine groups is 1. The van der Waals surface area contributed by atoms with Crippen molar-refractivity contribution in [2.45, 2.75) is 50.3 Å². The van der Waals surface area contributed by atoms with Crippen LogP contribution in [0.4, 0.5) is 0 Å². The molecular weight excluding hydrogens is 435 g/mol. The van der Waals surface area contributed by atoms with Crippen molar-refractivity contribution in [3.8, 4) is 0 Å². The molecule has 1 aliphatic heterocycles. The highest BCUT2D eigenvalue weighted by atomic mass is 127. The number of aromatic nitrogens is 3. The lowest BCUT2D eigenvalue weighted by molar-refractivity contribution is 0.293. The zero-order valence-electron chi connectivity index (χ0n) is 14.7. The molecule has 0 radical (unpaired) electrons. The Morgan fingerprint density at radius 2 is 2.17 bits per heavy atom. The molecule has 2 fully saturated rings. The number of hydrogen-bond acceptors (Lipinski definition) is 4. The second-order valence-corrected chi connectivity index (χ2v) is 8.05. The van der Waals surface area contributed by atoms with E-state index in [0.717, 1.165) is 31.4 Å². The van der Waals surface area contributed by atoms with Crippen molar-refractivity contribution >= 4 is 41.7 Å². The van der Waals surface area contributed by atoms with Crippen LogP contribution in [0.3, 0.4) is 0 Å².